The quantitative estimate of drug-likeness (QED) is 0.538. The second kappa shape index (κ2) is 10.2. The predicted octanol–water partition coefficient (Wildman–Crippen LogP) is 3.64. The van der Waals surface area contributed by atoms with Crippen molar-refractivity contribution in [3.8, 4) is 0 Å². The predicted molar refractivity (Wildman–Crippen MR) is 109 cm³/mol. The first-order chi connectivity index (χ1) is 13.6. The van der Waals surface area contributed by atoms with E-state index in [1.807, 2.05) is 0 Å². The summed E-state index contributed by atoms with van der Waals surface area (Å²) in [6.45, 7) is 10.4. The Morgan fingerprint density at radius 2 is 1.68 bits per heavy atom. The minimum Gasteiger partial charge on any atom is -0.382 e. The molecule has 3 atom stereocenters. The first-order valence-corrected chi connectivity index (χ1v) is 10.5. The monoisotopic (exact) mass is 392 g/mol. The van der Waals surface area contributed by atoms with E-state index in [9.17, 15) is 0 Å². The molecule has 1 aromatic rings. The van der Waals surface area contributed by atoms with Crippen LogP contribution in [-0.2, 0) is 49.7 Å². The Labute approximate surface area is 169 Å². The Bertz CT molecular complexity index is 642. The fourth-order valence-corrected chi connectivity index (χ4v) is 4.65. The molecule has 0 radical (unpaired) electrons. The van der Waals surface area contributed by atoms with Crippen molar-refractivity contribution >= 4 is 0 Å². The van der Waals surface area contributed by atoms with Crippen molar-refractivity contribution < 1.29 is 23.7 Å². The zero-order valence-corrected chi connectivity index (χ0v) is 18.1. The van der Waals surface area contributed by atoms with Crippen LogP contribution in [0, 0.1) is 5.92 Å². The lowest BCUT2D eigenvalue weighted by molar-refractivity contribution is -0.177. The maximum Gasteiger partial charge on any atom is 0.0723 e. The average Bonchev–Trinajstić information content (AvgIpc) is 2.66. The van der Waals surface area contributed by atoms with Crippen molar-refractivity contribution in [3.05, 3.63) is 33.9 Å². The summed E-state index contributed by atoms with van der Waals surface area (Å²) in [7, 11) is 3.41. The molecule has 0 spiro atoms. The van der Waals surface area contributed by atoms with E-state index in [4.69, 9.17) is 23.7 Å². The van der Waals surface area contributed by atoms with Crippen LogP contribution in [-0.4, -0.2) is 52.9 Å². The molecule has 0 bridgehead atoms. The highest BCUT2D eigenvalue weighted by Crippen LogP contribution is 2.42. The van der Waals surface area contributed by atoms with Crippen LogP contribution in [0.1, 0.15) is 54.5 Å². The molecule has 5 heteroatoms. The van der Waals surface area contributed by atoms with Gasteiger partial charge >= 0.3 is 0 Å². The van der Waals surface area contributed by atoms with E-state index < -0.39 is 0 Å². The van der Waals surface area contributed by atoms with Crippen LogP contribution in [0.15, 0.2) is 6.07 Å². The molecule has 5 nitrogen and oxygen atoms in total. The number of benzene rings is 1. The maximum absolute atomic E-state index is 6.00. The number of rotatable bonds is 11. The standard InChI is InChI=1S/C23H36O5/c1-15(2)23-18(13-26-8-6-24-4)10-17-11-22-19(16(3)28-22)12-20(17)21(23)14-27-9-7-25-5/h10,15-16,19,22H,6-9,11-14H2,1-5H3. The molecular formula is C23H36O5. The summed E-state index contributed by atoms with van der Waals surface area (Å²) in [6.07, 6.45) is 2.82. The highest BCUT2D eigenvalue weighted by molar-refractivity contribution is 5.49. The Hall–Kier alpha value is -0.980. The first-order valence-electron chi connectivity index (χ1n) is 10.5. The number of hydrogen-bond acceptors (Lipinski definition) is 5. The fourth-order valence-electron chi connectivity index (χ4n) is 4.65. The molecule has 0 amide bonds. The normalized spacial score (nSPS) is 23.4. The second-order valence-corrected chi connectivity index (χ2v) is 8.26. The first kappa shape index (κ1) is 21.7. The molecule has 1 aliphatic carbocycles. The molecule has 1 saturated heterocycles. The lowest BCUT2D eigenvalue weighted by Crippen LogP contribution is -2.51. The van der Waals surface area contributed by atoms with Gasteiger partial charge in [0.2, 0.25) is 0 Å². The number of methoxy groups -OCH3 is 2. The van der Waals surface area contributed by atoms with E-state index in [0.29, 0.717) is 63.7 Å². The Balaban J connectivity index is 1.90. The molecule has 0 N–H and O–H groups in total. The molecule has 1 fully saturated rings. The lowest BCUT2D eigenvalue weighted by atomic mass is 9.72. The van der Waals surface area contributed by atoms with E-state index in [-0.39, 0.29) is 0 Å². The van der Waals surface area contributed by atoms with E-state index in [1.54, 1.807) is 14.2 Å². The third-order valence-corrected chi connectivity index (χ3v) is 6.05. The van der Waals surface area contributed by atoms with Gasteiger partial charge in [-0.15, -0.1) is 0 Å². The topological polar surface area (TPSA) is 46.2 Å². The van der Waals surface area contributed by atoms with Gasteiger partial charge < -0.3 is 23.7 Å². The molecule has 0 aromatic heterocycles. The lowest BCUT2D eigenvalue weighted by Gasteiger charge is -2.47. The van der Waals surface area contributed by atoms with E-state index in [0.717, 1.165) is 12.8 Å². The summed E-state index contributed by atoms with van der Waals surface area (Å²) in [5.74, 6) is 1.05. The molecule has 28 heavy (non-hydrogen) atoms. The van der Waals surface area contributed by atoms with Crippen molar-refractivity contribution in [3.63, 3.8) is 0 Å². The Morgan fingerprint density at radius 3 is 2.29 bits per heavy atom. The van der Waals surface area contributed by atoms with Gasteiger partial charge in [0, 0.05) is 20.1 Å². The molecule has 3 unspecified atom stereocenters. The van der Waals surface area contributed by atoms with Crippen LogP contribution in [0.3, 0.4) is 0 Å². The summed E-state index contributed by atoms with van der Waals surface area (Å²) in [5, 5.41) is 0. The van der Waals surface area contributed by atoms with Gasteiger partial charge in [-0.1, -0.05) is 19.9 Å². The number of fused-ring (bicyclic) bond motifs is 2. The molecular weight excluding hydrogens is 356 g/mol. The Kier molecular flexibility index (Phi) is 7.89. The summed E-state index contributed by atoms with van der Waals surface area (Å²) in [4.78, 5) is 0. The summed E-state index contributed by atoms with van der Waals surface area (Å²) in [5.41, 5.74) is 6.93. The minimum atomic E-state index is 0.361. The van der Waals surface area contributed by atoms with Crippen LogP contribution < -0.4 is 0 Å². The van der Waals surface area contributed by atoms with Crippen molar-refractivity contribution in [2.45, 2.75) is 65.0 Å². The van der Waals surface area contributed by atoms with Gasteiger partial charge in [-0.2, -0.15) is 0 Å². The van der Waals surface area contributed by atoms with E-state index in [1.165, 1.54) is 27.8 Å². The van der Waals surface area contributed by atoms with Crippen LogP contribution in [0.25, 0.3) is 0 Å². The summed E-state index contributed by atoms with van der Waals surface area (Å²) >= 11 is 0. The van der Waals surface area contributed by atoms with E-state index >= 15 is 0 Å². The van der Waals surface area contributed by atoms with Gasteiger partial charge in [0.05, 0.1) is 51.8 Å². The van der Waals surface area contributed by atoms with Crippen LogP contribution in [0.2, 0.25) is 0 Å². The molecule has 2 aliphatic rings. The van der Waals surface area contributed by atoms with Crippen LogP contribution in [0.5, 0.6) is 0 Å². The van der Waals surface area contributed by atoms with Crippen molar-refractivity contribution in [1.29, 1.82) is 0 Å². The Morgan fingerprint density at radius 1 is 1.00 bits per heavy atom. The van der Waals surface area contributed by atoms with Gasteiger partial charge in [-0.3, -0.25) is 0 Å². The fraction of sp³-hybridized carbons (Fsp3) is 0.739. The molecule has 1 heterocycles. The highest BCUT2D eigenvalue weighted by atomic mass is 16.5. The molecule has 1 aromatic carbocycles. The largest absolute Gasteiger partial charge is 0.382 e. The summed E-state index contributed by atoms with van der Waals surface area (Å²) < 4.78 is 28.2. The van der Waals surface area contributed by atoms with Gasteiger partial charge in [-0.05, 0) is 53.5 Å². The number of ether oxygens (including phenoxy) is 5. The zero-order chi connectivity index (χ0) is 20.1. The third kappa shape index (κ3) is 4.77. The van der Waals surface area contributed by atoms with Crippen molar-refractivity contribution in [2.75, 3.05) is 40.6 Å². The minimum absolute atomic E-state index is 0.361. The zero-order valence-electron chi connectivity index (χ0n) is 18.1. The van der Waals surface area contributed by atoms with Gasteiger partial charge in [0.25, 0.3) is 0 Å². The highest BCUT2D eigenvalue weighted by Gasteiger charge is 2.43. The molecule has 0 saturated carbocycles. The van der Waals surface area contributed by atoms with E-state index in [2.05, 4.69) is 26.8 Å². The SMILES string of the molecule is COCCOCc1cc2c(c(COCCOC)c1C(C)C)CC1C(C)OC1C2. The van der Waals surface area contributed by atoms with Gasteiger partial charge in [0.1, 0.15) is 0 Å². The molecule has 1 aliphatic heterocycles. The maximum atomic E-state index is 6.00. The third-order valence-electron chi connectivity index (χ3n) is 6.05. The summed E-state index contributed by atoms with van der Waals surface area (Å²) in [6, 6.07) is 2.36. The average molecular weight is 393 g/mol. The molecule has 3 rings (SSSR count). The second-order valence-electron chi connectivity index (χ2n) is 8.26. The van der Waals surface area contributed by atoms with Crippen LogP contribution >= 0.6 is 0 Å². The van der Waals surface area contributed by atoms with Crippen molar-refractivity contribution in [1.82, 2.24) is 0 Å². The number of hydrogen-bond donors (Lipinski definition) is 0. The smallest absolute Gasteiger partial charge is 0.0723 e. The van der Waals surface area contributed by atoms with Crippen LogP contribution in [0.4, 0.5) is 0 Å². The van der Waals surface area contributed by atoms with Gasteiger partial charge in [-0.25, -0.2) is 0 Å². The molecule has 158 valence electrons. The van der Waals surface area contributed by atoms with Gasteiger partial charge in [0.15, 0.2) is 0 Å². The van der Waals surface area contributed by atoms with Crippen molar-refractivity contribution in [2.24, 2.45) is 5.92 Å².